The molecule has 3 N–H and O–H groups in total. The lowest BCUT2D eigenvalue weighted by molar-refractivity contribution is -0.135. The summed E-state index contributed by atoms with van der Waals surface area (Å²) in [5.74, 6) is 0.0740. The van der Waals surface area contributed by atoms with Crippen LogP contribution in [-0.4, -0.2) is 51.9 Å². The summed E-state index contributed by atoms with van der Waals surface area (Å²) in [4.78, 5) is 33.0. The van der Waals surface area contributed by atoms with Crippen molar-refractivity contribution < 1.29 is 9.59 Å². The summed E-state index contributed by atoms with van der Waals surface area (Å²) < 4.78 is 0. The minimum Gasteiger partial charge on any atom is -0.352 e. The number of amides is 2. The summed E-state index contributed by atoms with van der Waals surface area (Å²) >= 11 is 0. The number of H-pyrrole nitrogens is 1. The number of rotatable bonds is 2. The molecule has 2 atom stereocenters. The second-order valence-corrected chi connectivity index (χ2v) is 5.79. The van der Waals surface area contributed by atoms with Crippen LogP contribution in [0.3, 0.4) is 0 Å². The highest BCUT2D eigenvalue weighted by atomic mass is 16.2. The van der Waals surface area contributed by atoms with Crippen LogP contribution in [0.2, 0.25) is 0 Å². The molecule has 0 spiro atoms. The van der Waals surface area contributed by atoms with Gasteiger partial charge in [-0.25, -0.2) is 4.98 Å². The van der Waals surface area contributed by atoms with Gasteiger partial charge >= 0.3 is 0 Å². The third-order valence-electron chi connectivity index (χ3n) is 4.17. The van der Waals surface area contributed by atoms with E-state index in [1.54, 1.807) is 6.33 Å². The summed E-state index contributed by atoms with van der Waals surface area (Å²) in [6.45, 7) is 3.53. The maximum atomic E-state index is 12.6. The van der Waals surface area contributed by atoms with E-state index in [0.717, 1.165) is 30.8 Å². The highest BCUT2D eigenvalue weighted by Crippen LogP contribution is 2.17. The molecule has 3 heterocycles. The average Bonchev–Trinajstić information content (AvgIpc) is 2.93. The first kappa shape index (κ1) is 14.1. The molecule has 1 fully saturated rings. The first-order valence-corrected chi connectivity index (χ1v) is 7.44. The van der Waals surface area contributed by atoms with Crippen molar-refractivity contribution in [2.75, 3.05) is 13.1 Å². The zero-order valence-corrected chi connectivity index (χ0v) is 12.2. The fourth-order valence-corrected chi connectivity index (χ4v) is 3.15. The van der Waals surface area contributed by atoms with Gasteiger partial charge in [0.05, 0.1) is 23.8 Å². The third kappa shape index (κ3) is 3.07. The van der Waals surface area contributed by atoms with Crippen LogP contribution in [0.4, 0.5) is 0 Å². The number of piperidine rings is 1. The predicted molar refractivity (Wildman–Crippen MR) is 76.3 cm³/mol. The molecule has 0 bridgehead atoms. The normalized spacial score (nSPS) is 25.3. The monoisotopic (exact) mass is 291 g/mol. The molecule has 0 aromatic carbocycles. The van der Waals surface area contributed by atoms with Crippen LogP contribution in [0.1, 0.15) is 31.2 Å². The Hall–Kier alpha value is -1.89. The van der Waals surface area contributed by atoms with Crippen LogP contribution in [0.5, 0.6) is 0 Å². The number of fused-ring (bicyclic) bond motifs is 1. The number of nitrogens with zero attached hydrogens (tertiary/aromatic N) is 2. The Bertz CT molecular complexity index is 541. The van der Waals surface area contributed by atoms with E-state index < -0.39 is 0 Å². The summed E-state index contributed by atoms with van der Waals surface area (Å²) in [6.07, 6.45) is 4.16. The Morgan fingerprint density at radius 3 is 3.14 bits per heavy atom. The van der Waals surface area contributed by atoms with Crippen LogP contribution in [-0.2, 0) is 22.6 Å². The summed E-state index contributed by atoms with van der Waals surface area (Å²) in [5, 5.41) is 6.17. The first-order chi connectivity index (χ1) is 10.1. The van der Waals surface area contributed by atoms with Gasteiger partial charge in [-0.3, -0.25) is 14.9 Å². The zero-order valence-electron chi connectivity index (χ0n) is 12.2. The van der Waals surface area contributed by atoms with Gasteiger partial charge in [0.2, 0.25) is 11.8 Å². The lowest BCUT2D eigenvalue weighted by Crippen LogP contribution is -2.55. The van der Waals surface area contributed by atoms with Crippen molar-refractivity contribution in [2.24, 2.45) is 0 Å². The van der Waals surface area contributed by atoms with Crippen LogP contribution in [0, 0.1) is 0 Å². The van der Waals surface area contributed by atoms with Crippen molar-refractivity contribution in [3.05, 3.63) is 17.7 Å². The molecule has 0 aliphatic carbocycles. The van der Waals surface area contributed by atoms with Gasteiger partial charge in [0, 0.05) is 39.0 Å². The number of hydrogen-bond donors (Lipinski definition) is 3. The molecule has 2 aliphatic rings. The molecule has 0 radical (unpaired) electrons. The Kier molecular flexibility index (Phi) is 3.92. The van der Waals surface area contributed by atoms with E-state index >= 15 is 0 Å². The minimum atomic E-state index is -0.211. The summed E-state index contributed by atoms with van der Waals surface area (Å²) in [7, 11) is 0. The van der Waals surface area contributed by atoms with E-state index in [1.165, 1.54) is 6.92 Å². The van der Waals surface area contributed by atoms with Gasteiger partial charge in [0.25, 0.3) is 0 Å². The van der Waals surface area contributed by atoms with Crippen molar-refractivity contribution in [3.63, 3.8) is 0 Å². The fraction of sp³-hybridized carbons (Fsp3) is 0.643. The van der Waals surface area contributed by atoms with E-state index in [4.69, 9.17) is 0 Å². The summed E-state index contributed by atoms with van der Waals surface area (Å²) in [5.41, 5.74) is 2.04. The molecule has 114 valence electrons. The first-order valence-electron chi connectivity index (χ1n) is 7.44. The standard InChI is InChI=1S/C14H21N5O2/c1-9(20)18-10-3-2-4-19(7-10)14(21)12-5-11-13(6-15-12)17-8-16-11/h8,10,12,15H,2-7H2,1H3,(H,16,17)(H,18,20). The average molecular weight is 291 g/mol. The van der Waals surface area contributed by atoms with Crippen LogP contribution >= 0.6 is 0 Å². The SMILES string of the molecule is CC(=O)NC1CCCN(C(=O)C2Cc3nc[nH]c3CN2)C1. The van der Waals surface area contributed by atoms with Crippen molar-refractivity contribution in [2.45, 2.75) is 44.8 Å². The summed E-state index contributed by atoms with van der Waals surface area (Å²) in [6, 6.07) is -0.137. The smallest absolute Gasteiger partial charge is 0.240 e. The maximum Gasteiger partial charge on any atom is 0.240 e. The van der Waals surface area contributed by atoms with E-state index in [2.05, 4.69) is 20.6 Å². The molecular weight excluding hydrogens is 270 g/mol. The van der Waals surface area contributed by atoms with Crippen LogP contribution < -0.4 is 10.6 Å². The number of likely N-dealkylation sites (tertiary alicyclic amines) is 1. The van der Waals surface area contributed by atoms with E-state index in [-0.39, 0.29) is 23.9 Å². The highest BCUT2D eigenvalue weighted by Gasteiger charge is 2.32. The number of aromatic amines is 1. The molecule has 1 aromatic rings. The number of imidazole rings is 1. The van der Waals surface area contributed by atoms with Gasteiger partial charge in [-0.1, -0.05) is 0 Å². The second-order valence-electron chi connectivity index (χ2n) is 5.79. The maximum absolute atomic E-state index is 12.6. The van der Waals surface area contributed by atoms with Crippen molar-refractivity contribution in [3.8, 4) is 0 Å². The number of carbonyl (C=O) groups excluding carboxylic acids is 2. The lowest BCUT2D eigenvalue weighted by Gasteiger charge is -2.36. The lowest BCUT2D eigenvalue weighted by atomic mass is 10.0. The molecule has 7 nitrogen and oxygen atoms in total. The molecule has 0 saturated carbocycles. The van der Waals surface area contributed by atoms with Gasteiger partial charge < -0.3 is 15.2 Å². The highest BCUT2D eigenvalue weighted by molar-refractivity contribution is 5.82. The number of hydrogen-bond acceptors (Lipinski definition) is 4. The quantitative estimate of drug-likeness (QED) is 0.688. The number of carbonyl (C=O) groups is 2. The minimum absolute atomic E-state index is 0.0359. The largest absolute Gasteiger partial charge is 0.352 e. The Morgan fingerprint density at radius 1 is 1.48 bits per heavy atom. The van der Waals surface area contributed by atoms with Crippen molar-refractivity contribution in [1.29, 1.82) is 0 Å². The Labute approximate surface area is 123 Å². The third-order valence-corrected chi connectivity index (χ3v) is 4.17. The molecule has 3 rings (SSSR count). The van der Waals surface area contributed by atoms with E-state index in [9.17, 15) is 9.59 Å². The zero-order chi connectivity index (χ0) is 14.8. The molecule has 1 saturated heterocycles. The molecule has 1 aromatic heterocycles. The second kappa shape index (κ2) is 5.85. The molecular formula is C14H21N5O2. The predicted octanol–water partition coefficient (Wildman–Crippen LogP) is -0.449. The van der Waals surface area contributed by atoms with E-state index in [1.807, 2.05) is 4.90 Å². The van der Waals surface area contributed by atoms with Gasteiger partial charge in [0.1, 0.15) is 0 Å². The van der Waals surface area contributed by atoms with Crippen molar-refractivity contribution >= 4 is 11.8 Å². The van der Waals surface area contributed by atoms with Crippen LogP contribution in [0.25, 0.3) is 0 Å². The van der Waals surface area contributed by atoms with Crippen LogP contribution in [0.15, 0.2) is 6.33 Å². The van der Waals surface area contributed by atoms with Gasteiger partial charge in [-0.2, -0.15) is 0 Å². The Morgan fingerprint density at radius 2 is 2.33 bits per heavy atom. The number of nitrogens with one attached hydrogen (secondary N) is 3. The topological polar surface area (TPSA) is 90.1 Å². The number of aromatic nitrogens is 2. The van der Waals surface area contributed by atoms with Gasteiger partial charge in [0.15, 0.2) is 0 Å². The van der Waals surface area contributed by atoms with E-state index in [0.29, 0.717) is 19.5 Å². The molecule has 2 aliphatic heterocycles. The molecule has 2 unspecified atom stereocenters. The van der Waals surface area contributed by atoms with Crippen molar-refractivity contribution in [1.82, 2.24) is 25.5 Å². The Balaban J connectivity index is 1.61. The van der Waals surface area contributed by atoms with Gasteiger partial charge in [-0.05, 0) is 12.8 Å². The molecule has 21 heavy (non-hydrogen) atoms. The molecule has 2 amide bonds. The van der Waals surface area contributed by atoms with Gasteiger partial charge in [-0.15, -0.1) is 0 Å². The fourth-order valence-electron chi connectivity index (χ4n) is 3.15. The molecule has 7 heteroatoms.